The van der Waals surface area contributed by atoms with Crippen molar-refractivity contribution in [3.05, 3.63) is 32.2 Å². The molecule has 0 spiro atoms. The van der Waals surface area contributed by atoms with Crippen LogP contribution >= 0.6 is 38.5 Å². The molecular weight excluding hydrogens is 347 g/mol. The third-order valence-electron chi connectivity index (χ3n) is 1.71. The van der Waals surface area contributed by atoms with Gasteiger partial charge in [-0.1, -0.05) is 0 Å². The van der Waals surface area contributed by atoms with Gasteiger partial charge in [0, 0.05) is 6.20 Å². The van der Waals surface area contributed by atoms with Gasteiger partial charge in [-0.3, -0.25) is 9.20 Å². The fraction of sp³-hybridized carbons (Fsp3) is 0. The highest BCUT2D eigenvalue weighted by Gasteiger charge is 2.09. The number of aldehydes is 1. The van der Waals surface area contributed by atoms with Crippen molar-refractivity contribution in [3.8, 4) is 0 Å². The Hall–Kier alpha value is -0.430. The number of hydrogen-bond donors (Lipinski definition) is 0. The molecule has 0 saturated heterocycles. The largest absolute Gasteiger partial charge is 0.296 e. The number of aromatic nitrogens is 2. The molecule has 0 amide bonds. The van der Waals surface area contributed by atoms with Gasteiger partial charge in [0.15, 0.2) is 11.9 Å². The molecule has 0 fully saturated rings. The second-order valence-corrected chi connectivity index (χ2v) is 4.33. The van der Waals surface area contributed by atoms with Gasteiger partial charge in [0.05, 0.1) is 4.47 Å². The Morgan fingerprint density at radius 2 is 2.38 bits per heavy atom. The maximum absolute atomic E-state index is 10.7. The molecule has 66 valence electrons. The lowest BCUT2D eigenvalue weighted by Crippen LogP contribution is -1.91. The summed E-state index contributed by atoms with van der Waals surface area (Å²) in [4.78, 5) is 15.0. The van der Waals surface area contributed by atoms with Crippen molar-refractivity contribution < 1.29 is 4.79 Å². The first kappa shape index (κ1) is 9.14. The summed E-state index contributed by atoms with van der Waals surface area (Å²) in [5.74, 6) is 0. The van der Waals surface area contributed by atoms with Crippen molar-refractivity contribution in [3.63, 3.8) is 0 Å². The average Bonchev–Trinajstić information content (AvgIpc) is 2.43. The van der Waals surface area contributed by atoms with E-state index in [4.69, 9.17) is 0 Å². The summed E-state index contributed by atoms with van der Waals surface area (Å²) in [5, 5.41) is 0. The van der Waals surface area contributed by atoms with Crippen LogP contribution < -0.4 is 0 Å². The second kappa shape index (κ2) is 3.38. The minimum atomic E-state index is 0.594. The lowest BCUT2D eigenvalue weighted by Gasteiger charge is -1.95. The molecule has 0 aromatic carbocycles. The third kappa shape index (κ3) is 1.39. The molecule has 0 unspecified atom stereocenters. The number of hydrogen-bond acceptors (Lipinski definition) is 2. The summed E-state index contributed by atoms with van der Waals surface area (Å²) in [5.41, 5.74) is 1.37. The Kier molecular flexibility index (Phi) is 2.37. The highest BCUT2D eigenvalue weighted by Crippen LogP contribution is 2.20. The van der Waals surface area contributed by atoms with Crippen LogP contribution in [0, 0.1) is 3.70 Å². The maximum atomic E-state index is 10.7. The molecule has 2 heterocycles. The van der Waals surface area contributed by atoms with Crippen molar-refractivity contribution in [1.82, 2.24) is 9.38 Å². The first-order valence-electron chi connectivity index (χ1n) is 3.51. The first-order chi connectivity index (χ1) is 6.24. The Morgan fingerprint density at radius 1 is 1.62 bits per heavy atom. The van der Waals surface area contributed by atoms with Crippen LogP contribution in [0.15, 0.2) is 22.8 Å². The van der Waals surface area contributed by atoms with Crippen molar-refractivity contribution in [1.29, 1.82) is 0 Å². The predicted octanol–water partition coefficient (Wildman–Crippen LogP) is 2.51. The van der Waals surface area contributed by atoms with E-state index in [1.165, 1.54) is 0 Å². The number of rotatable bonds is 1. The zero-order chi connectivity index (χ0) is 9.42. The van der Waals surface area contributed by atoms with Crippen LogP contribution in [0.4, 0.5) is 0 Å². The second-order valence-electron chi connectivity index (χ2n) is 2.46. The Balaban J connectivity index is 2.93. The molecule has 0 N–H and O–H groups in total. The van der Waals surface area contributed by atoms with Crippen LogP contribution in [0.5, 0.6) is 0 Å². The number of nitrogens with zero attached hydrogens (tertiary/aromatic N) is 2. The van der Waals surface area contributed by atoms with E-state index in [1.54, 1.807) is 4.40 Å². The zero-order valence-electron chi connectivity index (χ0n) is 6.37. The van der Waals surface area contributed by atoms with E-state index in [0.717, 1.165) is 20.1 Å². The van der Waals surface area contributed by atoms with Crippen LogP contribution in [-0.2, 0) is 0 Å². The fourth-order valence-corrected chi connectivity index (χ4v) is 2.18. The summed E-state index contributed by atoms with van der Waals surface area (Å²) in [6.07, 6.45) is 2.63. The highest BCUT2D eigenvalue weighted by molar-refractivity contribution is 14.1. The number of carbonyl (C=O) groups is 1. The SMILES string of the molecule is O=Cc1c(I)nc2c(Br)cccn12. The summed E-state index contributed by atoms with van der Waals surface area (Å²) in [7, 11) is 0. The standard InChI is InChI=1S/C8H4BrIN2O/c9-5-2-1-3-12-6(4-13)7(10)11-8(5)12/h1-4H. The normalized spacial score (nSPS) is 10.6. The van der Waals surface area contributed by atoms with E-state index in [-0.39, 0.29) is 0 Å². The summed E-state index contributed by atoms with van der Waals surface area (Å²) >= 11 is 5.42. The summed E-state index contributed by atoms with van der Waals surface area (Å²) in [6, 6.07) is 3.76. The van der Waals surface area contributed by atoms with E-state index in [1.807, 2.05) is 40.9 Å². The Bertz CT molecular complexity index is 480. The molecule has 2 aromatic heterocycles. The molecular formula is C8H4BrIN2O. The van der Waals surface area contributed by atoms with Crippen LogP contribution in [0.2, 0.25) is 0 Å². The zero-order valence-corrected chi connectivity index (χ0v) is 10.1. The Morgan fingerprint density at radius 3 is 3.08 bits per heavy atom. The van der Waals surface area contributed by atoms with E-state index in [0.29, 0.717) is 5.69 Å². The van der Waals surface area contributed by atoms with E-state index < -0.39 is 0 Å². The van der Waals surface area contributed by atoms with Crippen molar-refractivity contribution in [2.45, 2.75) is 0 Å². The topological polar surface area (TPSA) is 34.4 Å². The first-order valence-corrected chi connectivity index (χ1v) is 5.38. The quantitative estimate of drug-likeness (QED) is 0.585. The molecule has 0 radical (unpaired) electrons. The molecule has 2 rings (SSSR count). The highest BCUT2D eigenvalue weighted by atomic mass is 127. The van der Waals surface area contributed by atoms with Gasteiger partial charge >= 0.3 is 0 Å². The summed E-state index contributed by atoms with van der Waals surface area (Å²) < 4.78 is 3.37. The molecule has 0 aliphatic carbocycles. The molecule has 0 atom stereocenters. The van der Waals surface area contributed by atoms with E-state index in [2.05, 4.69) is 20.9 Å². The molecule has 0 saturated carbocycles. The Labute approximate surface area is 96.4 Å². The van der Waals surface area contributed by atoms with Gasteiger partial charge < -0.3 is 0 Å². The summed E-state index contributed by atoms with van der Waals surface area (Å²) in [6.45, 7) is 0. The lowest BCUT2D eigenvalue weighted by molar-refractivity contribution is 0.111. The van der Waals surface area contributed by atoms with Crippen molar-refractivity contribution in [2.24, 2.45) is 0 Å². The molecule has 3 nitrogen and oxygen atoms in total. The maximum Gasteiger partial charge on any atom is 0.169 e. The van der Waals surface area contributed by atoms with Crippen LogP contribution in [-0.4, -0.2) is 15.7 Å². The van der Waals surface area contributed by atoms with Crippen LogP contribution in [0.3, 0.4) is 0 Å². The van der Waals surface area contributed by atoms with Gasteiger partial charge in [0.1, 0.15) is 9.39 Å². The lowest BCUT2D eigenvalue weighted by atomic mass is 10.4. The number of halogens is 2. The smallest absolute Gasteiger partial charge is 0.169 e. The average molecular weight is 351 g/mol. The molecule has 13 heavy (non-hydrogen) atoms. The van der Waals surface area contributed by atoms with Gasteiger partial charge in [0.25, 0.3) is 0 Å². The predicted molar refractivity (Wildman–Crippen MR) is 61.0 cm³/mol. The van der Waals surface area contributed by atoms with Gasteiger partial charge in [0.2, 0.25) is 0 Å². The molecule has 0 aliphatic heterocycles. The van der Waals surface area contributed by atoms with Crippen LogP contribution in [0.25, 0.3) is 5.65 Å². The number of imidazole rings is 1. The van der Waals surface area contributed by atoms with E-state index >= 15 is 0 Å². The number of pyridine rings is 1. The van der Waals surface area contributed by atoms with Gasteiger partial charge in [-0.05, 0) is 50.7 Å². The van der Waals surface area contributed by atoms with Crippen molar-refractivity contribution >= 4 is 50.5 Å². The van der Waals surface area contributed by atoms with Gasteiger partial charge in [-0.2, -0.15) is 0 Å². The fourth-order valence-electron chi connectivity index (χ4n) is 1.13. The van der Waals surface area contributed by atoms with Gasteiger partial charge in [-0.15, -0.1) is 0 Å². The minimum Gasteiger partial charge on any atom is -0.296 e. The number of fused-ring (bicyclic) bond motifs is 1. The molecule has 2 aromatic rings. The van der Waals surface area contributed by atoms with Gasteiger partial charge in [-0.25, -0.2) is 4.98 Å². The molecule has 0 aliphatic rings. The third-order valence-corrected chi connectivity index (χ3v) is 3.12. The minimum absolute atomic E-state index is 0.594. The van der Waals surface area contributed by atoms with E-state index in [9.17, 15) is 4.79 Å². The van der Waals surface area contributed by atoms with Crippen LogP contribution in [0.1, 0.15) is 10.5 Å². The monoisotopic (exact) mass is 350 g/mol. The molecule has 5 heteroatoms. The van der Waals surface area contributed by atoms with Crippen molar-refractivity contribution in [2.75, 3.05) is 0 Å². The molecule has 0 bridgehead atoms. The number of carbonyl (C=O) groups excluding carboxylic acids is 1.